The molecule has 0 unspecified atom stereocenters. The van der Waals surface area contributed by atoms with Crippen LogP contribution in [-0.4, -0.2) is 17.5 Å². The van der Waals surface area contributed by atoms with Crippen LogP contribution in [0.5, 0.6) is 5.75 Å². The van der Waals surface area contributed by atoms with Crippen LogP contribution in [0.15, 0.2) is 57.7 Å². The van der Waals surface area contributed by atoms with Crippen molar-refractivity contribution in [2.45, 2.75) is 13.5 Å². The van der Waals surface area contributed by atoms with Gasteiger partial charge in [-0.3, -0.25) is 10.1 Å². The number of rotatable bonds is 6. The number of carbonyl (C=O) groups is 1. The molecular weight excluding hydrogens is 354 g/mol. The summed E-state index contributed by atoms with van der Waals surface area (Å²) in [4.78, 5) is 33.6. The smallest absolute Gasteiger partial charge is 0.344 e. The quantitative estimate of drug-likeness (QED) is 0.284. The van der Waals surface area contributed by atoms with Crippen molar-refractivity contribution in [2.75, 3.05) is 6.61 Å². The van der Waals surface area contributed by atoms with Gasteiger partial charge < -0.3 is 13.9 Å². The van der Waals surface area contributed by atoms with Gasteiger partial charge in [-0.1, -0.05) is 12.1 Å². The Bertz CT molecular complexity index is 1050. The van der Waals surface area contributed by atoms with Crippen molar-refractivity contribution in [3.63, 3.8) is 0 Å². The van der Waals surface area contributed by atoms with Crippen LogP contribution in [0.1, 0.15) is 11.1 Å². The van der Waals surface area contributed by atoms with Gasteiger partial charge in [-0.2, -0.15) is 0 Å². The molecule has 0 amide bonds. The maximum Gasteiger partial charge on any atom is 0.344 e. The highest BCUT2D eigenvalue weighted by molar-refractivity contribution is 5.81. The van der Waals surface area contributed by atoms with E-state index in [9.17, 15) is 19.7 Å². The van der Waals surface area contributed by atoms with Gasteiger partial charge in [-0.15, -0.1) is 0 Å². The molecule has 138 valence electrons. The Balaban J connectivity index is 1.61. The van der Waals surface area contributed by atoms with E-state index in [-0.39, 0.29) is 18.9 Å². The lowest BCUT2D eigenvalue weighted by atomic mass is 10.1. The second-order valence-electron chi connectivity index (χ2n) is 5.79. The topological polar surface area (TPSA) is 109 Å². The molecule has 0 N–H and O–H groups in total. The Morgan fingerprint density at radius 1 is 1.15 bits per heavy atom. The first kappa shape index (κ1) is 18.1. The first-order valence-electron chi connectivity index (χ1n) is 7.98. The van der Waals surface area contributed by atoms with Crippen LogP contribution < -0.4 is 10.4 Å². The zero-order valence-electron chi connectivity index (χ0n) is 14.3. The fourth-order valence-corrected chi connectivity index (χ4v) is 2.46. The molecule has 0 radical (unpaired) electrons. The van der Waals surface area contributed by atoms with Crippen LogP contribution in [0.3, 0.4) is 0 Å². The number of nitro groups is 1. The molecule has 8 nitrogen and oxygen atoms in total. The number of hydrogen-bond donors (Lipinski definition) is 0. The molecule has 27 heavy (non-hydrogen) atoms. The number of non-ortho nitro benzene ring substituents is 1. The third-order valence-electron chi connectivity index (χ3n) is 3.78. The number of nitrogens with zero attached hydrogens (tertiary/aromatic N) is 1. The molecule has 1 heterocycles. The second-order valence-corrected chi connectivity index (χ2v) is 5.79. The Morgan fingerprint density at radius 3 is 2.59 bits per heavy atom. The van der Waals surface area contributed by atoms with Gasteiger partial charge in [0, 0.05) is 29.1 Å². The average molecular weight is 369 g/mol. The standard InChI is InChI=1S/C19H15NO7/c1-12-2-7-16-13(9-18(21)27-17(16)8-12)10-26-19(22)11-25-15-5-3-14(4-6-15)20(23)24/h2-9H,10-11H2,1H3. The minimum absolute atomic E-state index is 0.0741. The molecule has 0 spiro atoms. The number of benzene rings is 2. The SMILES string of the molecule is Cc1ccc2c(COC(=O)COc3ccc([N+](=O)[O-])cc3)cc(=O)oc2c1. The molecule has 0 saturated heterocycles. The summed E-state index contributed by atoms with van der Waals surface area (Å²) in [6, 6.07) is 12.0. The van der Waals surface area contributed by atoms with Gasteiger partial charge in [0.25, 0.3) is 5.69 Å². The van der Waals surface area contributed by atoms with Crippen molar-refractivity contribution < 1.29 is 23.6 Å². The molecule has 3 aromatic rings. The number of carbonyl (C=O) groups excluding carboxylic acids is 1. The van der Waals surface area contributed by atoms with Crippen LogP contribution in [-0.2, 0) is 16.1 Å². The summed E-state index contributed by atoms with van der Waals surface area (Å²) in [5.74, 6) is -0.333. The highest BCUT2D eigenvalue weighted by Gasteiger charge is 2.11. The van der Waals surface area contributed by atoms with E-state index >= 15 is 0 Å². The molecule has 1 aromatic heterocycles. The molecule has 0 fully saturated rings. The van der Waals surface area contributed by atoms with Crippen molar-refractivity contribution in [1.29, 1.82) is 0 Å². The zero-order chi connectivity index (χ0) is 19.4. The van der Waals surface area contributed by atoms with Crippen LogP contribution in [0.25, 0.3) is 11.0 Å². The predicted molar refractivity (Wildman–Crippen MR) is 95.6 cm³/mol. The van der Waals surface area contributed by atoms with Crippen LogP contribution in [0, 0.1) is 17.0 Å². The highest BCUT2D eigenvalue weighted by Crippen LogP contribution is 2.20. The van der Waals surface area contributed by atoms with Gasteiger partial charge in [-0.05, 0) is 30.7 Å². The summed E-state index contributed by atoms with van der Waals surface area (Å²) in [5, 5.41) is 11.3. The molecule has 8 heteroatoms. The molecule has 0 aliphatic heterocycles. The number of nitro benzene ring substituents is 1. The summed E-state index contributed by atoms with van der Waals surface area (Å²) in [7, 11) is 0. The van der Waals surface area contributed by atoms with Crippen molar-refractivity contribution >= 4 is 22.6 Å². The fraction of sp³-hybridized carbons (Fsp3) is 0.158. The van der Waals surface area contributed by atoms with E-state index in [1.54, 1.807) is 12.1 Å². The molecule has 0 atom stereocenters. The van der Waals surface area contributed by atoms with Gasteiger partial charge in [0.1, 0.15) is 17.9 Å². The number of esters is 1. The largest absolute Gasteiger partial charge is 0.482 e. The normalized spacial score (nSPS) is 10.6. The van der Waals surface area contributed by atoms with E-state index in [0.717, 1.165) is 5.56 Å². The third-order valence-corrected chi connectivity index (χ3v) is 3.78. The second kappa shape index (κ2) is 7.69. The highest BCUT2D eigenvalue weighted by atomic mass is 16.6. The van der Waals surface area contributed by atoms with Gasteiger partial charge in [-0.25, -0.2) is 9.59 Å². The summed E-state index contributed by atoms with van der Waals surface area (Å²) in [6.07, 6.45) is 0. The molecule has 2 aromatic carbocycles. The van der Waals surface area contributed by atoms with Crippen molar-refractivity contribution in [2.24, 2.45) is 0 Å². The number of fused-ring (bicyclic) bond motifs is 1. The lowest BCUT2D eigenvalue weighted by Gasteiger charge is -2.09. The summed E-state index contributed by atoms with van der Waals surface area (Å²) < 4.78 is 15.5. The van der Waals surface area contributed by atoms with Crippen LogP contribution >= 0.6 is 0 Å². The Hall–Kier alpha value is -3.68. The molecular formula is C19H15NO7. The Labute approximate surface area is 153 Å². The maximum atomic E-state index is 11.9. The van der Waals surface area contributed by atoms with Gasteiger partial charge >= 0.3 is 11.6 Å². The van der Waals surface area contributed by atoms with Gasteiger partial charge in [0.15, 0.2) is 6.61 Å². The number of aryl methyl sites for hydroxylation is 1. The van der Waals surface area contributed by atoms with Gasteiger partial charge in [0.2, 0.25) is 0 Å². The molecule has 0 bridgehead atoms. The molecule has 3 rings (SSSR count). The van der Waals surface area contributed by atoms with Crippen LogP contribution in [0.4, 0.5) is 5.69 Å². The minimum Gasteiger partial charge on any atom is -0.482 e. The maximum absolute atomic E-state index is 11.9. The first-order chi connectivity index (χ1) is 12.9. The molecule has 0 aliphatic carbocycles. The number of ether oxygens (including phenoxy) is 2. The Morgan fingerprint density at radius 2 is 1.89 bits per heavy atom. The zero-order valence-corrected chi connectivity index (χ0v) is 14.3. The Kier molecular flexibility index (Phi) is 5.16. The van der Waals surface area contributed by atoms with Crippen molar-refractivity contribution in [3.05, 3.63) is 80.2 Å². The molecule has 0 saturated carbocycles. The van der Waals surface area contributed by atoms with E-state index in [4.69, 9.17) is 13.9 Å². The minimum atomic E-state index is -0.637. The lowest BCUT2D eigenvalue weighted by Crippen LogP contribution is -2.15. The average Bonchev–Trinajstić information content (AvgIpc) is 2.64. The van der Waals surface area contributed by atoms with Gasteiger partial charge in [0.05, 0.1) is 4.92 Å². The summed E-state index contributed by atoms with van der Waals surface area (Å²) in [6.45, 7) is 1.41. The number of hydrogen-bond acceptors (Lipinski definition) is 7. The van der Waals surface area contributed by atoms with Crippen molar-refractivity contribution in [3.8, 4) is 5.75 Å². The van der Waals surface area contributed by atoms with Crippen LogP contribution in [0.2, 0.25) is 0 Å². The van der Waals surface area contributed by atoms with E-state index < -0.39 is 16.5 Å². The van der Waals surface area contributed by atoms with E-state index in [1.807, 2.05) is 13.0 Å². The monoisotopic (exact) mass is 369 g/mol. The summed E-state index contributed by atoms with van der Waals surface area (Å²) >= 11 is 0. The van der Waals surface area contributed by atoms with E-state index in [2.05, 4.69) is 0 Å². The first-order valence-corrected chi connectivity index (χ1v) is 7.98. The fourth-order valence-electron chi connectivity index (χ4n) is 2.46. The predicted octanol–water partition coefficient (Wildman–Crippen LogP) is 3.13. The van der Waals surface area contributed by atoms with Crippen molar-refractivity contribution in [1.82, 2.24) is 0 Å². The lowest BCUT2D eigenvalue weighted by molar-refractivity contribution is -0.384. The van der Waals surface area contributed by atoms with E-state index in [1.165, 1.54) is 30.3 Å². The van der Waals surface area contributed by atoms with E-state index in [0.29, 0.717) is 22.3 Å². The third kappa shape index (κ3) is 4.49. The molecule has 0 aliphatic rings. The summed E-state index contributed by atoms with van der Waals surface area (Å²) in [5.41, 5.74) is 1.30.